The summed E-state index contributed by atoms with van der Waals surface area (Å²) in [7, 11) is 0. The molecule has 4 heteroatoms. The number of hydrogen-bond donors (Lipinski definition) is 2. The van der Waals surface area contributed by atoms with Crippen LogP contribution >= 0.6 is 11.6 Å². The molecule has 0 spiro atoms. The van der Waals surface area contributed by atoms with Gasteiger partial charge in [0.05, 0.1) is 0 Å². The lowest BCUT2D eigenvalue weighted by molar-refractivity contribution is 0.108. The first-order chi connectivity index (χ1) is 5.30. The predicted molar refractivity (Wildman–Crippen MR) is 45.0 cm³/mol. The topological polar surface area (TPSA) is 69.1 Å². The quantitative estimate of drug-likeness (QED) is 0.376. The number of nitrogens with two attached hydrogens (primary N) is 2. The van der Waals surface area contributed by atoms with Gasteiger partial charge in [0.2, 0.25) is 0 Å². The Balaban J connectivity index is 0.000000461. The molecule has 4 N–H and O–H groups in total. The molecular weight excluding hydrogens is 164 g/mol. The van der Waals surface area contributed by atoms with Gasteiger partial charge in [0, 0.05) is 5.56 Å². The molecular formula is C7H9ClN2O. The molecule has 0 atom stereocenters. The smallest absolute Gasteiger partial charge is 0.252 e. The van der Waals surface area contributed by atoms with Crippen molar-refractivity contribution in [1.82, 2.24) is 0 Å². The molecule has 3 nitrogen and oxygen atoms in total. The summed E-state index contributed by atoms with van der Waals surface area (Å²) in [6.45, 7) is 0. The van der Waals surface area contributed by atoms with Crippen molar-refractivity contribution in [2.24, 2.45) is 11.7 Å². The maximum Gasteiger partial charge on any atom is 0.252 e. The number of hydrazine groups is 1. The summed E-state index contributed by atoms with van der Waals surface area (Å²) in [6, 6.07) is 8.74. The molecule has 0 amide bonds. The number of hydrogen-bond acceptors (Lipinski definition) is 3. The third-order valence-corrected chi connectivity index (χ3v) is 1.22. The molecule has 60 valence electrons. The molecule has 0 unspecified atom stereocenters. The summed E-state index contributed by atoms with van der Waals surface area (Å²) in [5.74, 6) is 8.00. The van der Waals surface area contributed by atoms with Gasteiger partial charge in [0.15, 0.2) is 0 Å². The molecule has 0 aliphatic carbocycles. The fourth-order valence-corrected chi connectivity index (χ4v) is 0.695. The van der Waals surface area contributed by atoms with Crippen LogP contribution in [0, 0.1) is 0 Å². The van der Waals surface area contributed by atoms with Gasteiger partial charge in [-0.15, -0.1) is 0 Å². The van der Waals surface area contributed by atoms with Gasteiger partial charge in [-0.1, -0.05) is 30.3 Å². The second kappa shape index (κ2) is 5.85. The predicted octanol–water partition coefficient (Wildman–Crippen LogP) is 0.884. The monoisotopic (exact) mass is 172 g/mol. The maximum absolute atomic E-state index is 10.4. The van der Waals surface area contributed by atoms with Gasteiger partial charge in [-0.05, 0) is 11.6 Å². The van der Waals surface area contributed by atoms with Crippen molar-refractivity contribution in [2.75, 3.05) is 0 Å². The van der Waals surface area contributed by atoms with Crippen LogP contribution in [0.15, 0.2) is 30.3 Å². The molecule has 0 fully saturated rings. The first-order valence-electron chi connectivity index (χ1n) is 2.89. The van der Waals surface area contributed by atoms with Crippen molar-refractivity contribution in [3.05, 3.63) is 35.9 Å². The molecule has 0 bridgehead atoms. The van der Waals surface area contributed by atoms with Gasteiger partial charge in [0.25, 0.3) is 5.24 Å². The molecule has 0 aliphatic heterocycles. The van der Waals surface area contributed by atoms with Gasteiger partial charge in [0.1, 0.15) is 0 Å². The fourth-order valence-electron chi connectivity index (χ4n) is 0.569. The van der Waals surface area contributed by atoms with Gasteiger partial charge in [-0.2, -0.15) is 0 Å². The summed E-state index contributed by atoms with van der Waals surface area (Å²) in [4.78, 5) is 10.4. The van der Waals surface area contributed by atoms with E-state index < -0.39 is 5.24 Å². The maximum atomic E-state index is 10.4. The SMILES string of the molecule is NN.O=C(Cl)c1ccccc1. The molecule has 0 saturated heterocycles. The van der Waals surface area contributed by atoms with E-state index in [0.717, 1.165) is 0 Å². The highest BCUT2D eigenvalue weighted by atomic mass is 35.5. The van der Waals surface area contributed by atoms with Crippen LogP contribution in [-0.2, 0) is 0 Å². The van der Waals surface area contributed by atoms with Crippen LogP contribution in [0.5, 0.6) is 0 Å². The summed E-state index contributed by atoms with van der Waals surface area (Å²) in [5, 5.41) is -0.407. The van der Waals surface area contributed by atoms with Crippen molar-refractivity contribution in [2.45, 2.75) is 0 Å². The van der Waals surface area contributed by atoms with Crippen molar-refractivity contribution < 1.29 is 4.79 Å². The zero-order valence-electron chi connectivity index (χ0n) is 5.83. The lowest BCUT2D eigenvalue weighted by atomic mass is 10.2. The van der Waals surface area contributed by atoms with Crippen molar-refractivity contribution in [3.63, 3.8) is 0 Å². The second-order valence-corrected chi connectivity index (χ2v) is 1.98. The van der Waals surface area contributed by atoms with E-state index in [2.05, 4.69) is 11.7 Å². The Bertz CT molecular complexity index is 213. The Morgan fingerprint density at radius 1 is 1.18 bits per heavy atom. The molecule has 0 aromatic heterocycles. The average Bonchev–Trinajstić information content (AvgIpc) is 2.10. The van der Waals surface area contributed by atoms with Crippen LogP contribution in [-0.4, -0.2) is 5.24 Å². The van der Waals surface area contributed by atoms with E-state index in [9.17, 15) is 4.79 Å². The number of rotatable bonds is 1. The number of carbonyl (C=O) groups is 1. The van der Waals surface area contributed by atoms with Gasteiger partial charge in [-0.3, -0.25) is 16.5 Å². The van der Waals surface area contributed by atoms with E-state index in [-0.39, 0.29) is 0 Å². The molecule has 1 aromatic carbocycles. The second-order valence-electron chi connectivity index (χ2n) is 1.64. The van der Waals surface area contributed by atoms with Crippen LogP contribution in [0.4, 0.5) is 0 Å². The molecule has 1 rings (SSSR count). The van der Waals surface area contributed by atoms with Crippen molar-refractivity contribution >= 4 is 16.8 Å². The van der Waals surface area contributed by atoms with Crippen LogP contribution in [0.25, 0.3) is 0 Å². The standard InChI is InChI=1S/C7H5ClO.H4N2/c8-7(9)6-4-2-1-3-5-6;1-2/h1-5H;1-2H2. The minimum atomic E-state index is -0.407. The lowest BCUT2D eigenvalue weighted by Gasteiger charge is -1.87. The molecule has 1 aromatic rings. The van der Waals surface area contributed by atoms with Gasteiger partial charge < -0.3 is 0 Å². The van der Waals surface area contributed by atoms with E-state index >= 15 is 0 Å². The third kappa shape index (κ3) is 3.72. The van der Waals surface area contributed by atoms with Gasteiger partial charge >= 0.3 is 0 Å². The fraction of sp³-hybridized carbons (Fsp3) is 0. The Kier molecular flexibility index (Phi) is 5.37. The van der Waals surface area contributed by atoms with Crippen LogP contribution in [0.3, 0.4) is 0 Å². The van der Waals surface area contributed by atoms with Crippen LogP contribution in [0.2, 0.25) is 0 Å². The molecule has 0 aliphatic rings. The summed E-state index contributed by atoms with van der Waals surface area (Å²) >= 11 is 5.16. The average molecular weight is 173 g/mol. The van der Waals surface area contributed by atoms with E-state index in [0.29, 0.717) is 5.56 Å². The highest BCUT2D eigenvalue weighted by Gasteiger charge is 1.95. The van der Waals surface area contributed by atoms with Crippen LogP contribution in [0.1, 0.15) is 10.4 Å². The minimum Gasteiger partial charge on any atom is -0.276 e. The number of carbonyl (C=O) groups excluding carboxylic acids is 1. The number of benzene rings is 1. The Hall–Kier alpha value is -0.900. The molecule has 0 radical (unpaired) electrons. The van der Waals surface area contributed by atoms with E-state index in [4.69, 9.17) is 11.6 Å². The Morgan fingerprint density at radius 2 is 1.64 bits per heavy atom. The summed E-state index contributed by atoms with van der Waals surface area (Å²) in [5.41, 5.74) is 0.541. The normalized spacial score (nSPS) is 7.91. The Morgan fingerprint density at radius 3 is 1.91 bits per heavy atom. The highest BCUT2D eigenvalue weighted by Crippen LogP contribution is 2.01. The zero-order chi connectivity index (χ0) is 8.69. The first-order valence-corrected chi connectivity index (χ1v) is 3.27. The third-order valence-electron chi connectivity index (χ3n) is 1.00. The molecule has 0 heterocycles. The van der Waals surface area contributed by atoms with Crippen LogP contribution < -0.4 is 11.7 Å². The van der Waals surface area contributed by atoms with E-state index in [1.165, 1.54) is 0 Å². The largest absolute Gasteiger partial charge is 0.276 e. The first kappa shape index (κ1) is 10.1. The summed E-state index contributed by atoms with van der Waals surface area (Å²) in [6.07, 6.45) is 0. The van der Waals surface area contributed by atoms with Gasteiger partial charge in [-0.25, -0.2) is 0 Å². The number of halogens is 1. The van der Waals surface area contributed by atoms with E-state index in [1.807, 2.05) is 6.07 Å². The molecule has 0 saturated carbocycles. The van der Waals surface area contributed by atoms with Crippen molar-refractivity contribution in [1.29, 1.82) is 0 Å². The lowest BCUT2D eigenvalue weighted by Crippen LogP contribution is -2.02. The van der Waals surface area contributed by atoms with E-state index in [1.54, 1.807) is 24.3 Å². The minimum absolute atomic E-state index is 0.407. The van der Waals surface area contributed by atoms with Crippen molar-refractivity contribution in [3.8, 4) is 0 Å². The zero-order valence-corrected chi connectivity index (χ0v) is 6.58. The molecule has 11 heavy (non-hydrogen) atoms. The summed E-state index contributed by atoms with van der Waals surface area (Å²) < 4.78 is 0. The highest BCUT2D eigenvalue weighted by molar-refractivity contribution is 6.67. The Labute approximate surface area is 69.9 Å².